The molecule has 2 heteroatoms. The Kier molecular flexibility index (Phi) is 6.54. The molecule has 0 aromatic heterocycles. The summed E-state index contributed by atoms with van der Waals surface area (Å²) in [5.41, 5.74) is 1.25. The van der Waals surface area contributed by atoms with Crippen LogP contribution in [0.2, 0.25) is 0 Å². The summed E-state index contributed by atoms with van der Waals surface area (Å²) >= 11 is 0. The zero-order valence-corrected chi connectivity index (χ0v) is 9.28. The average molecular weight is 205 g/mol. The lowest BCUT2D eigenvalue weighted by molar-refractivity contribution is 0.194. The van der Waals surface area contributed by atoms with Gasteiger partial charge in [0.25, 0.3) is 0 Å². The second kappa shape index (κ2) is 8.21. The van der Waals surface area contributed by atoms with E-state index in [0.717, 1.165) is 26.1 Å². The molecule has 0 heterocycles. The van der Waals surface area contributed by atoms with Crippen molar-refractivity contribution in [3.05, 3.63) is 42.0 Å². The molecule has 0 aliphatic heterocycles. The van der Waals surface area contributed by atoms with E-state index in [1.54, 1.807) is 7.11 Å². The third-order valence-electron chi connectivity index (χ3n) is 2.07. The number of methoxy groups -OCH3 is 1. The monoisotopic (exact) mass is 205 g/mol. The zero-order valence-electron chi connectivity index (χ0n) is 9.28. The number of ether oxygens (including phenoxy) is 1. The predicted molar refractivity (Wildman–Crippen MR) is 64.8 cm³/mol. The van der Waals surface area contributed by atoms with Gasteiger partial charge in [-0.2, -0.15) is 0 Å². The van der Waals surface area contributed by atoms with Gasteiger partial charge in [-0.05, 0) is 18.5 Å². The van der Waals surface area contributed by atoms with E-state index in [-0.39, 0.29) is 0 Å². The summed E-state index contributed by atoms with van der Waals surface area (Å²) in [5.74, 6) is 0. The van der Waals surface area contributed by atoms with Gasteiger partial charge in [0.15, 0.2) is 0 Å². The second-order valence-corrected chi connectivity index (χ2v) is 3.36. The van der Waals surface area contributed by atoms with Crippen LogP contribution in [0.1, 0.15) is 12.0 Å². The van der Waals surface area contributed by atoms with E-state index in [2.05, 4.69) is 29.6 Å². The van der Waals surface area contributed by atoms with Crippen molar-refractivity contribution >= 4 is 6.08 Å². The molecule has 0 aliphatic rings. The molecule has 0 spiro atoms. The van der Waals surface area contributed by atoms with Crippen LogP contribution in [0, 0.1) is 0 Å². The molecular weight excluding hydrogens is 186 g/mol. The molecule has 1 aromatic carbocycles. The Hall–Kier alpha value is -1.12. The van der Waals surface area contributed by atoms with Gasteiger partial charge < -0.3 is 10.1 Å². The first-order valence-corrected chi connectivity index (χ1v) is 5.34. The van der Waals surface area contributed by atoms with Gasteiger partial charge in [0.1, 0.15) is 0 Å². The maximum Gasteiger partial charge on any atom is 0.0474 e. The molecule has 0 amide bonds. The summed E-state index contributed by atoms with van der Waals surface area (Å²) in [7, 11) is 1.73. The molecule has 1 N–H and O–H groups in total. The van der Waals surface area contributed by atoms with Crippen LogP contribution in [0.3, 0.4) is 0 Å². The van der Waals surface area contributed by atoms with Gasteiger partial charge in [0.05, 0.1) is 0 Å². The molecule has 1 rings (SSSR count). The molecule has 15 heavy (non-hydrogen) atoms. The quantitative estimate of drug-likeness (QED) is 0.690. The molecule has 0 atom stereocenters. The second-order valence-electron chi connectivity index (χ2n) is 3.36. The standard InChI is InChI=1S/C13H19NO/c1-15-12-6-11-14-10-5-9-13-7-3-2-4-8-13/h2-5,7-9,14H,6,10-12H2,1H3/b9-5+. The maximum atomic E-state index is 4.96. The van der Waals surface area contributed by atoms with E-state index in [0.29, 0.717) is 0 Å². The van der Waals surface area contributed by atoms with Crippen molar-refractivity contribution < 1.29 is 4.74 Å². The fourth-order valence-corrected chi connectivity index (χ4v) is 1.29. The largest absolute Gasteiger partial charge is 0.385 e. The Morgan fingerprint density at radius 1 is 1.27 bits per heavy atom. The molecule has 0 saturated heterocycles. The predicted octanol–water partition coefficient (Wildman–Crippen LogP) is 2.33. The van der Waals surface area contributed by atoms with Gasteiger partial charge in [0, 0.05) is 20.3 Å². The fraction of sp³-hybridized carbons (Fsp3) is 0.385. The lowest BCUT2D eigenvalue weighted by Gasteiger charge is -2.00. The van der Waals surface area contributed by atoms with Gasteiger partial charge >= 0.3 is 0 Å². The lowest BCUT2D eigenvalue weighted by atomic mass is 10.2. The Morgan fingerprint density at radius 2 is 2.07 bits per heavy atom. The van der Waals surface area contributed by atoms with Crippen molar-refractivity contribution in [2.45, 2.75) is 6.42 Å². The topological polar surface area (TPSA) is 21.3 Å². The average Bonchev–Trinajstić information content (AvgIpc) is 2.29. The minimum atomic E-state index is 0.829. The maximum absolute atomic E-state index is 4.96. The molecule has 0 radical (unpaired) electrons. The van der Waals surface area contributed by atoms with Crippen LogP contribution in [0.25, 0.3) is 6.08 Å². The van der Waals surface area contributed by atoms with E-state index in [9.17, 15) is 0 Å². The Morgan fingerprint density at radius 3 is 2.80 bits per heavy atom. The smallest absolute Gasteiger partial charge is 0.0474 e. The molecule has 1 aromatic rings. The van der Waals surface area contributed by atoms with Gasteiger partial charge in [-0.3, -0.25) is 0 Å². The van der Waals surface area contributed by atoms with Crippen LogP contribution < -0.4 is 5.32 Å². The highest BCUT2D eigenvalue weighted by atomic mass is 16.5. The third kappa shape index (κ3) is 6.05. The highest BCUT2D eigenvalue weighted by molar-refractivity contribution is 5.48. The summed E-state index contributed by atoms with van der Waals surface area (Å²) in [6, 6.07) is 10.3. The van der Waals surface area contributed by atoms with Gasteiger partial charge in [0.2, 0.25) is 0 Å². The van der Waals surface area contributed by atoms with Gasteiger partial charge in [-0.1, -0.05) is 42.5 Å². The molecule has 0 aliphatic carbocycles. The first kappa shape index (κ1) is 12.0. The van der Waals surface area contributed by atoms with Crippen LogP contribution in [0.4, 0.5) is 0 Å². The highest BCUT2D eigenvalue weighted by Crippen LogP contribution is 1.99. The van der Waals surface area contributed by atoms with Crippen molar-refractivity contribution in [2.75, 3.05) is 26.8 Å². The molecular formula is C13H19NO. The first-order chi connectivity index (χ1) is 7.43. The van der Waals surface area contributed by atoms with Crippen molar-refractivity contribution in [1.29, 1.82) is 0 Å². The van der Waals surface area contributed by atoms with Crippen molar-refractivity contribution in [2.24, 2.45) is 0 Å². The minimum absolute atomic E-state index is 0.829. The van der Waals surface area contributed by atoms with Gasteiger partial charge in [-0.15, -0.1) is 0 Å². The van der Waals surface area contributed by atoms with Gasteiger partial charge in [-0.25, -0.2) is 0 Å². The van der Waals surface area contributed by atoms with E-state index < -0.39 is 0 Å². The van der Waals surface area contributed by atoms with Crippen molar-refractivity contribution in [3.8, 4) is 0 Å². The Labute approximate surface area is 92.0 Å². The molecule has 82 valence electrons. The number of nitrogens with one attached hydrogen (secondary N) is 1. The van der Waals surface area contributed by atoms with Crippen molar-refractivity contribution in [1.82, 2.24) is 5.32 Å². The van der Waals surface area contributed by atoms with E-state index in [1.165, 1.54) is 5.56 Å². The number of rotatable bonds is 7. The van der Waals surface area contributed by atoms with Crippen molar-refractivity contribution in [3.63, 3.8) is 0 Å². The highest BCUT2D eigenvalue weighted by Gasteiger charge is 1.85. The summed E-state index contributed by atoms with van der Waals surface area (Å²) in [6.45, 7) is 2.75. The van der Waals surface area contributed by atoms with Crippen LogP contribution in [0.5, 0.6) is 0 Å². The molecule has 0 saturated carbocycles. The molecule has 0 fully saturated rings. The van der Waals surface area contributed by atoms with Crippen LogP contribution in [-0.2, 0) is 4.74 Å². The third-order valence-corrected chi connectivity index (χ3v) is 2.07. The Balaban J connectivity index is 2.07. The zero-order chi connectivity index (χ0) is 10.8. The SMILES string of the molecule is COCCCNC/C=C/c1ccccc1. The fourth-order valence-electron chi connectivity index (χ4n) is 1.29. The van der Waals surface area contributed by atoms with Crippen LogP contribution in [-0.4, -0.2) is 26.8 Å². The first-order valence-electron chi connectivity index (χ1n) is 5.34. The van der Waals surface area contributed by atoms with E-state index in [4.69, 9.17) is 4.74 Å². The number of hydrogen-bond acceptors (Lipinski definition) is 2. The minimum Gasteiger partial charge on any atom is -0.385 e. The van der Waals surface area contributed by atoms with Crippen LogP contribution >= 0.6 is 0 Å². The number of hydrogen-bond donors (Lipinski definition) is 1. The van der Waals surface area contributed by atoms with E-state index >= 15 is 0 Å². The van der Waals surface area contributed by atoms with Crippen LogP contribution in [0.15, 0.2) is 36.4 Å². The summed E-state index contributed by atoms with van der Waals surface area (Å²) in [6.07, 6.45) is 5.33. The summed E-state index contributed by atoms with van der Waals surface area (Å²) < 4.78 is 4.96. The Bertz CT molecular complexity index is 269. The molecule has 0 unspecified atom stereocenters. The van der Waals surface area contributed by atoms with E-state index in [1.807, 2.05) is 18.2 Å². The molecule has 2 nitrogen and oxygen atoms in total. The summed E-state index contributed by atoms with van der Waals surface area (Å²) in [4.78, 5) is 0. The number of benzene rings is 1. The molecule has 0 bridgehead atoms. The lowest BCUT2D eigenvalue weighted by Crippen LogP contribution is -2.16. The normalized spacial score (nSPS) is 11.0. The summed E-state index contributed by atoms with van der Waals surface area (Å²) in [5, 5.41) is 3.32.